The van der Waals surface area contributed by atoms with Crippen molar-refractivity contribution in [3.8, 4) is 5.75 Å². The second-order valence-electron chi connectivity index (χ2n) is 6.34. The molecule has 0 amide bonds. The summed E-state index contributed by atoms with van der Waals surface area (Å²) in [5.74, 6) is 5.01. The van der Waals surface area contributed by atoms with Gasteiger partial charge in [-0.25, -0.2) is 4.31 Å². The number of nitrogens with zero attached hydrogens (tertiary/aromatic N) is 2. The van der Waals surface area contributed by atoms with Crippen molar-refractivity contribution in [2.75, 3.05) is 50.9 Å². The Balaban J connectivity index is 1.58. The maximum absolute atomic E-state index is 13.2. The van der Waals surface area contributed by atoms with Crippen molar-refractivity contribution in [1.82, 2.24) is 4.31 Å². The van der Waals surface area contributed by atoms with Gasteiger partial charge in [-0.15, -0.1) is 0 Å². The van der Waals surface area contributed by atoms with E-state index in [4.69, 9.17) is 9.47 Å². The molecule has 2 heterocycles. The smallest absolute Gasteiger partial charge is 0.119 e. The van der Waals surface area contributed by atoms with E-state index in [1.807, 2.05) is 19.1 Å². The predicted octanol–water partition coefficient (Wildman–Crippen LogP) is 2.02. The van der Waals surface area contributed by atoms with Crippen LogP contribution in [0.5, 0.6) is 5.75 Å². The SMILES string of the molecule is C=S(=O)(C1CCOCC1)N1CCN(c2ccc(OCC)cc2)CC1. The maximum atomic E-state index is 13.2. The first-order chi connectivity index (χ1) is 11.6. The van der Waals surface area contributed by atoms with Crippen molar-refractivity contribution in [2.45, 2.75) is 25.0 Å². The molecular formula is C18H28N2O3S. The Bertz CT molecular complexity index is 616. The van der Waals surface area contributed by atoms with Gasteiger partial charge >= 0.3 is 0 Å². The summed E-state index contributed by atoms with van der Waals surface area (Å²) in [7, 11) is -2.20. The molecule has 2 aliphatic rings. The zero-order valence-corrected chi connectivity index (χ0v) is 15.3. The van der Waals surface area contributed by atoms with E-state index in [2.05, 4.69) is 27.2 Å². The molecule has 3 rings (SSSR count). The molecule has 2 aliphatic heterocycles. The van der Waals surface area contributed by atoms with Gasteiger partial charge in [-0.3, -0.25) is 4.21 Å². The Hall–Kier alpha value is -1.24. The highest BCUT2D eigenvalue weighted by molar-refractivity contribution is 7.98. The second-order valence-corrected chi connectivity index (χ2v) is 8.91. The normalized spacial score (nSPS) is 23.0. The van der Waals surface area contributed by atoms with Crippen LogP contribution >= 0.6 is 0 Å². The van der Waals surface area contributed by atoms with E-state index < -0.39 is 9.71 Å². The van der Waals surface area contributed by atoms with Crippen LogP contribution in [0.2, 0.25) is 0 Å². The summed E-state index contributed by atoms with van der Waals surface area (Å²) < 4.78 is 26.2. The molecular weight excluding hydrogens is 324 g/mol. The average molecular weight is 353 g/mol. The molecule has 1 unspecified atom stereocenters. The van der Waals surface area contributed by atoms with Crippen LogP contribution < -0.4 is 9.64 Å². The summed E-state index contributed by atoms with van der Waals surface area (Å²) in [6.07, 6.45) is 1.73. The molecule has 2 fully saturated rings. The lowest BCUT2D eigenvalue weighted by Gasteiger charge is -2.40. The van der Waals surface area contributed by atoms with Gasteiger partial charge in [0.25, 0.3) is 0 Å². The monoisotopic (exact) mass is 352 g/mol. The van der Waals surface area contributed by atoms with E-state index in [0.29, 0.717) is 19.8 Å². The highest BCUT2D eigenvalue weighted by Gasteiger charge is 2.30. The minimum atomic E-state index is -2.20. The first-order valence-corrected chi connectivity index (χ1v) is 10.5. The minimum Gasteiger partial charge on any atom is -0.494 e. The van der Waals surface area contributed by atoms with E-state index in [1.165, 1.54) is 5.69 Å². The Labute approximate surface area is 145 Å². The third kappa shape index (κ3) is 3.87. The van der Waals surface area contributed by atoms with E-state index in [0.717, 1.165) is 44.8 Å². The molecule has 0 bridgehead atoms. The van der Waals surface area contributed by atoms with Crippen LogP contribution in [0.15, 0.2) is 24.3 Å². The number of anilines is 1. The Morgan fingerprint density at radius 3 is 2.38 bits per heavy atom. The van der Waals surface area contributed by atoms with Crippen molar-refractivity contribution in [1.29, 1.82) is 0 Å². The van der Waals surface area contributed by atoms with Crippen molar-refractivity contribution >= 4 is 21.3 Å². The molecule has 1 aromatic carbocycles. The molecule has 0 N–H and O–H groups in total. The van der Waals surface area contributed by atoms with Gasteiger partial charge in [-0.2, -0.15) is 0 Å². The van der Waals surface area contributed by atoms with Gasteiger partial charge in [0.1, 0.15) is 5.75 Å². The molecule has 24 heavy (non-hydrogen) atoms. The first kappa shape index (κ1) is 17.6. The van der Waals surface area contributed by atoms with Gasteiger partial charge in [0.2, 0.25) is 0 Å². The van der Waals surface area contributed by atoms with Gasteiger partial charge in [0.15, 0.2) is 0 Å². The van der Waals surface area contributed by atoms with Crippen molar-refractivity contribution < 1.29 is 13.7 Å². The second kappa shape index (κ2) is 7.76. The highest BCUT2D eigenvalue weighted by Crippen LogP contribution is 2.24. The largest absolute Gasteiger partial charge is 0.494 e. The summed E-state index contributed by atoms with van der Waals surface area (Å²) in [5, 5.41) is 0.170. The standard InChI is InChI=1S/C18H28N2O3S/c1-3-23-17-6-4-16(5-7-17)19-10-12-20(13-11-19)24(2,21)18-8-14-22-15-9-18/h4-7,18H,2-3,8-15H2,1H3. The molecule has 0 spiro atoms. The van der Waals surface area contributed by atoms with Crippen molar-refractivity contribution in [3.05, 3.63) is 24.3 Å². The molecule has 0 aliphatic carbocycles. The van der Waals surface area contributed by atoms with Crippen LogP contribution in [0, 0.1) is 0 Å². The topological polar surface area (TPSA) is 42.0 Å². The molecule has 1 aromatic rings. The maximum Gasteiger partial charge on any atom is 0.119 e. The van der Waals surface area contributed by atoms with Crippen molar-refractivity contribution in [3.63, 3.8) is 0 Å². The molecule has 1 atom stereocenters. The molecule has 0 radical (unpaired) electrons. The van der Waals surface area contributed by atoms with Crippen molar-refractivity contribution in [2.24, 2.45) is 0 Å². The molecule has 0 saturated carbocycles. The van der Waals surface area contributed by atoms with Crippen LogP contribution in [0.25, 0.3) is 0 Å². The Morgan fingerprint density at radius 1 is 1.17 bits per heavy atom. The zero-order valence-electron chi connectivity index (χ0n) is 14.5. The summed E-state index contributed by atoms with van der Waals surface area (Å²) >= 11 is 0. The van der Waals surface area contributed by atoms with Gasteiger partial charge < -0.3 is 14.4 Å². The van der Waals surface area contributed by atoms with Gasteiger partial charge in [-0.05, 0) is 49.9 Å². The fourth-order valence-electron chi connectivity index (χ4n) is 3.43. The van der Waals surface area contributed by atoms with Crippen LogP contribution in [0.3, 0.4) is 0 Å². The fourth-order valence-corrected chi connectivity index (χ4v) is 5.56. The summed E-state index contributed by atoms with van der Waals surface area (Å²) in [5.41, 5.74) is 1.19. The summed E-state index contributed by atoms with van der Waals surface area (Å²) in [6.45, 7) is 7.45. The Kier molecular flexibility index (Phi) is 5.69. The molecule has 2 saturated heterocycles. The Morgan fingerprint density at radius 2 is 1.79 bits per heavy atom. The lowest BCUT2D eigenvalue weighted by Crippen LogP contribution is -2.51. The average Bonchev–Trinajstić information content (AvgIpc) is 2.63. The molecule has 134 valence electrons. The van der Waals surface area contributed by atoms with Gasteiger partial charge in [0, 0.05) is 60.0 Å². The zero-order chi connectivity index (χ0) is 17.0. The number of hydrogen-bond acceptors (Lipinski definition) is 4. The number of hydrogen-bond donors (Lipinski definition) is 0. The van der Waals surface area contributed by atoms with E-state index in [-0.39, 0.29) is 5.25 Å². The number of piperazine rings is 1. The van der Waals surface area contributed by atoms with Crippen LogP contribution in [-0.4, -0.2) is 65.6 Å². The lowest BCUT2D eigenvalue weighted by molar-refractivity contribution is 0.0981. The lowest BCUT2D eigenvalue weighted by atomic mass is 10.2. The predicted molar refractivity (Wildman–Crippen MR) is 101 cm³/mol. The third-order valence-electron chi connectivity index (χ3n) is 4.88. The number of ether oxygens (including phenoxy) is 2. The van der Waals surface area contributed by atoms with E-state index in [9.17, 15) is 4.21 Å². The van der Waals surface area contributed by atoms with Crippen LogP contribution in [0.1, 0.15) is 19.8 Å². The van der Waals surface area contributed by atoms with Gasteiger partial charge in [-0.1, -0.05) is 0 Å². The fraction of sp³-hybridized carbons (Fsp3) is 0.611. The molecule has 6 heteroatoms. The molecule has 0 aromatic heterocycles. The van der Waals surface area contributed by atoms with E-state index in [1.54, 1.807) is 0 Å². The summed E-state index contributed by atoms with van der Waals surface area (Å²) in [4.78, 5) is 2.34. The quantitative estimate of drug-likeness (QED) is 0.761. The first-order valence-electron chi connectivity index (χ1n) is 8.78. The van der Waals surface area contributed by atoms with Crippen LogP contribution in [0.4, 0.5) is 5.69 Å². The minimum absolute atomic E-state index is 0.170. The summed E-state index contributed by atoms with van der Waals surface area (Å²) in [6, 6.07) is 8.22. The number of benzene rings is 1. The molecule has 5 nitrogen and oxygen atoms in total. The number of rotatable bonds is 5. The van der Waals surface area contributed by atoms with Crippen LogP contribution in [-0.2, 0) is 14.4 Å². The highest BCUT2D eigenvalue weighted by atomic mass is 32.2. The van der Waals surface area contributed by atoms with E-state index >= 15 is 0 Å². The van der Waals surface area contributed by atoms with Gasteiger partial charge in [0.05, 0.1) is 6.61 Å². The third-order valence-corrected chi connectivity index (χ3v) is 7.63.